The van der Waals surface area contributed by atoms with E-state index in [4.69, 9.17) is 11.2 Å². The van der Waals surface area contributed by atoms with Crippen molar-refractivity contribution in [1.29, 1.82) is 0 Å². The Bertz CT molecular complexity index is 456. The molecule has 2 nitrogen and oxygen atoms in total. The lowest BCUT2D eigenvalue weighted by atomic mass is 10.0. The van der Waals surface area contributed by atoms with Crippen LogP contribution in [0.5, 0.6) is 5.75 Å². The van der Waals surface area contributed by atoms with Crippen molar-refractivity contribution < 1.29 is 4.74 Å². The van der Waals surface area contributed by atoms with Crippen LogP contribution in [0.4, 0.5) is 0 Å². The van der Waals surface area contributed by atoms with Crippen molar-refractivity contribution in [3.05, 3.63) is 29.3 Å². The normalized spacial score (nSPS) is 18.4. The molecule has 0 fully saturated rings. The van der Waals surface area contributed by atoms with Gasteiger partial charge >= 0.3 is 0 Å². The Kier molecular flexibility index (Phi) is 3.13. The van der Waals surface area contributed by atoms with Crippen molar-refractivity contribution in [2.24, 2.45) is 0 Å². The lowest BCUT2D eigenvalue weighted by molar-refractivity contribution is 0.218. The van der Waals surface area contributed by atoms with Gasteiger partial charge in [-0.05, 0) is 32.4 Å². The fourth-order valence-electron chi connectivity index (χ4n) is 1.98. The lowest BCUT2D eigenvalue weighted by Gasteiger charge is -2.22. The standard InChI is InChI=1S/C15H19NO/c1-5-15(3,4)16-10-13-9-12-8-11(2)6-7-14(12)17-13/h1,6-8,13,16H,9-10H2,2-4H3. The van der Waals surface area contributed by atoms with Crippen LogP contribution in [-0.4, -0.2) is 18.2 Å². The molecule has 1 aromatic carbocycles. The van der Waals surface area contributed by atoms with Crippen molar-refractivity contribution in [3.8, 4) is 18.1 Å². The van der Waals surface area contributed by atoms with Gasteiger partial charge in [-0.1, -0.05) is 23.6 Å². The number of fused-ring (bicyclic) bond motifs is 1. The van der Waals surface area contributed by atoms with Gasteiger partial charge in [0.25, 0.3) is 0 Å². The molecule has 0 radical (unpaired) electrons. The van der Waals surface area contributed by atoms with Crippen LogP contribution in [0, 0.1) is 19.3 Å². The van der Waals surface area contributed by atoms with E-state index in [-0.39, 0.29) is 11.6 Å². The van der Waals surface area contributed by atoms with E-state index in [2.05, 4.69) is 36.4 Å². The van der Waals surface area contributed by atoms with Crippen LogP contribution in [0.3, 0.4) is 0 Å². The van der Waals surface area contributed by atoms with Crippen LogP contribution in [0.15, 0.2) is 18.2 Å². The zero-order chi connectivity index (χ0) is 12.5. The molecule has 1 unspecified atom stereocenters. The second kappa shape index (κ2) is 4.43. The Morgan fingerprint density at radius 3 is 3.00 bits per heavy atom. The average molecular weight is 229 g/mol. The van der Waals surface area contributed by atoms with E-state index in [1.54, 1.807) is 0 Å². The Morgan fingerprint density at radius 1 is 1.53 bits per heavy atom. The predicted octanol–water partition coefficient (Wildman–Crippen LogP) is 2.30. The molecule has 0 saturated heterocycles. The van der Waals surface area contributed by atoms with E-state index in [9.17, 15) is 0 Å². The molecule has 90 valence electrons. The van der Waals surface area contributed by atoms with E-state index in [1.165, 1.54) is 11.1 Å². The van der Waals surface area contributed by atoms with Crippen LogP contribution in [0.2, 0.25) is 0 Å². The molecule has 1 heterocycles. The molecular formula is C15H19NO. The molecule has 1 aliphatic rings. The van der Waals surface area contributed by atoms with Crippen LogP contribution in [0.25, 0.3) is 0 Å². The molecule has 0 aliphatic carbocycles. The Labute approximate surface area is 103 Å². The molecule has 0 amide bonds. The molecule has 17 heavy (non-hydrogen) atoms. The number of hydrogen-bond donors (Lipinski definition) is 1. The number of hydrogen-bond acceptors (Lipinski definition) is 2. The van der Waals surface area contributed by atoms with Crippen LogP contribution in [-0.2, 0) is 6.42 Å². The first-order valence-electron chi connectivity index (χ1n) is 5.99. The molecule has 1 aromatic rings. The van der Waals surface area contributed by atoms with Crippen molar-refractivity contribution in [3.63, 3.8) is 0 Å². The highest BCUT2D eigenvalue weighted by atomic mass is 16.5. The Hall–Kier alpha value is -1.46. The number of rotatable bonds is 3. The summed E-state index contributed by atoms with van der Waals surface area (Å²) in [4.78, 5) is 0. The Morgan fingerprint density at radius 2 is 2.29 bits per heavy atom. The molecule has 2 rings (SSSR count). The minimum absolute atomic E-state index is 0.194. The van der Waals surface area contributed by atoms with E-state index in [0.29, 0.717) is 0 Å². The second-order valence-corrected chi connectivity index (χ2v) is 5.21. The predicted molar refractivity (Wildman–Crippen MR) is 70.2 cm³/mol. The lowest BCUT2D eigenvalue weighted by Crippen LogP contribution is -2.43. The third-order valence-electron chi connectivity index (χ3n) is 3.09. The molecule has 1 aliphatic heterocycles. The Balaban J connectivity index is 1.95. The van der Waals surface area contributed by atoms with E-state index < -0.39 is 0 Å². The first-order valence-corrected chi connectivity index (χ1v) is 5.99. The summed E-state index contributed by atoms with van der Waals surface area (Å²) in [7, 11) is 0. The van der Waals surface area contributed by atoms with E-state index in [0.717, 1.165) is 18.7 Å². The van der Waals surface area contributed by atoms with Gasteiger partial charge in [0.05, 0.1) is 5.54 Å². The molecule has 1 N–H and O–H groups in total. The zero-order valence-electron chi connectivity index (χ0n) is 10.7. The molecule has 2 heteroatoms. The molecule has 0 saturated carbocycles. The summed E-state index contributed by atoms with van der Waals surface area (Å²) >= 11 is 0. The maximum atomic E-state index is 5.87. The topological polar surface area (TPSA) is 21.3 Å². The van der Waals surface area contributed by atoms with Gasteiger partial charge in [-0.3, -0.25) is 5.32 Å². The van der Waals surface area contributed by atoms with Crippen molar-refractivity contribution in [2.45, 2.75) is 38.8 Å². The van der Waals surface area contributed by atoms with Crippen LogP contribution >= 0.6 is 0 Å². The monoisotopic (exact) mass is 229 g/mol. The van der Waals surface area contributed by atoms with Crippen molar-refractivity contribution in [2.75, 3.05) is 6.54 Å². The molecular weight excluding hydrogens is 210 g/mol. The fourth-order valence-corrected chi connectivity index (χ4v) is 1.98. The van der Waals surface area contributed by atoms with Gasteiger partial charge in [0.1, 0.15) is 11.9 Å². The van der Waals surface area contributed by atoms with Crippen molar-refractivity contribution >= 4 is 0 Å². The van der Waals surface area contributed by atoms with Gasteiger partial charge in [0.15, 0.2) is 0 Å². The van der Waals surface area contributed by atoms with Crippen LogP contribution in [0.1, 0.15) is 25.0 Å². The quantitative estimate of drug-likeness (QED) is 0.803. The minimum Gasteiger partial charge on any atom is -0.488 e. The maximum Gasteiger partial charge on any atom is 0.123 e. The summed E-state index contributed by atoms with van der Waals surface area (Å²) in [6.07, 6.45) is 6.60. The number of ether oxygens (including phenoxy) is 1. The van der Waals surface area contributed by atoms with E-state index >= 15 is 0 Å². The molecule has 0 aromatic heterocycles. The van der Waals surface area contributed by atoms with Gasteiger partial charge in [-0.25, -0.2) is 0 Å². The number of nitrogens with one attached hydrogen (secondary N) is 1. The summed E-state index contributed by atoms with van der Waals surface area (Å²) < 4.78 is 5.87. The first kappa shape index (κ1) is 12.0. The molecule has 0 spiro atoms. The third kappa shape index (κ3) is 2.81. The number of aryl methyl sites for hydroxylation is 1. The number of terminal acetylenes is 1. The summed E-state index contributed by atoms with van der Waals surface area (Å²) in [5.41, 5.74) is 2.31. The second-order valence-electron chi connectivity index (χ2n) is 5.21. The van der Waals surface area contributed by atoms with Crippen LogP contribution < -0.4 is 10.1 Å². The smallest absolute Gasteiger partial charge is 0.123 e. The highest BCUT2D eigenvalue weighted by Gasteiger charge is 2.24. The summed E-state index contributed by atoms with van der Waals surface area (Å²) in [6.45, 7) is 6.89. The largest absolute Gasteiger partial charge is 0.488 e. The average Bonchev–Trinajstić information content (AvgIpc) is 2.68. The van der Waals surface area contributed by atoms with Gasteiger partial charge in [0, 0.05) is 13.0 Å². The van der Waals surface area contributed by atoms with Gasteiger partial charge in [-0.15, -0.1) is 6.42 Å². The zero-order valence-corrected chi connectivity index (χ0v) is 10.7. The minimum atomic E-state index is -0.270. The third-order valence-corrected chi connectivity index (χ3v) is 3.09. The number of benzene rings is 1. The summed E-state index contributed by atoms with van der Waals surface area (Å²) in [5.74, 6) is 3.74. The van der Waals surface area contributed by atoms with Gasteiger partial charge in [-0.2, -0.15) is 0 Å². The fraction of sp³-hybridized carbons (Fsp3) is 0.467. The van der Waals surface area contributed by atoms with Gasteiger partial charge < -0.3 is 4.74 Å². The molecule has 1 atom stereocenters. The van der Waals surface area contributed by atoms with E-state index in [1.807, 2.05) is 13.8 Å². The summed E-state index contributed by atoms with van der Waals surface area (Å²) in [6, 6.07) is 6.33. The highest BCUT2D eigenvalue weighted by molar-refractivity contribution is 5.40. The summed E-state index contributed by atoms with van der Waals surface area (Å²) in [5, 5.41) is 3.34. The van der Waals surface area contributed by atoms with Crippen molar-refractivity contribution in [1.82, 2.24) is 5.32 Å². The first-order chi connectivity index (χ1) is 8.00. The van der Waals surface area contributed by atoms with Gasteiger partial charge in [0.2, 0.25) is 0 Å². The highest BCUT2D eigenvalue weighted by Crippen LogP contribution is 2.29. The SMILES string of the molecule is C#CC(C)(C)NCC1Cc2cc(C)ccc2O1. The molecule has 0 bridgehead atoms. The maximum absolute atomic E-state index is 5.87.